The first-order chi connectivity index (χ1) is 12.6. The van der Waals surface area contributed by atoms with Gasteiger partial charge in [-0.1, -0.05) is 29.3 Å². The van der Waals surface area contributed by atoms with Gasteiger partial charge in [0.15, 0.2) is 5.82 Å². The van der Waals surface area contributed by atoms with Gasteiger partial charge in [-0.15, -0.1) is 5.10 Å². The number of carbonyl (C=O) groups is 1. The maximum absolute atomic E-state index is 12.4. The minimum Gasteiger partial charge on any atom is -0.486 e. The van der Waals surface area contributed by atoms with Gasteiger partial charge in [0.05, 0.1) is 10.0 Å². The standard InChI is InChI=1S/C17H15Cl2N5O2/c1-2-24-16(21-22-23-24)10-26-13-5-3-4-11(8-13)17(25)20-12-6-7-14(18)15(19)9-12/h3-9H,2,10H2,1H3,(H,20,25). The highest BCUT2D eigenvalue weighted by Gasteiger charge is 2.10. The molecule has 3 rings (SSSR count). The Bertz CT molecular complexity index is 929. The van der Waals surface area contributed by atoms with E-state index < -0.39 is 0 Å². The Morgan fingerprint density at radius 1 is 1.19 bits per heavy atom. The molecule has 0 radical (unpaired) electrons. The van der Waals surface area contributed by atoms with Gasteiger partial charge in [-0.2, -0.15) is 0 Å². The Balaban J connectivity index is 1.68. The Morgan fingerprint density at radius 3 is 2.81 bits per heavy atom. The molecule has 1 N–H and O–H groups in total. The third-order valence-electron chi connectivity index (χ3n) is 3.55. The molecular weight excluding hydrogens is 377 g/mol. The Hall–Kier alpha value is -2.64. The summed E-state index contributed by atoms with van der Waals surface area (Å²) in [4.78, 5) is 12.4. The van der Waals surface area contributed by atoms with Gasteiger partial charge in [-0.05, 0) is 53.7 Å². The van der Waals surface area contributed by atoms with Crippen LogP contribution >= 0.6 is 23.2 Å². The highest BCUT2D eigenvalue weighted by molar-refractivity contribution is 6.42. The Kier molecular flexibility index (Phi) is 5.70. The van der Waals surface area contributed by atoms with Crippen LogP contribution < -0.4 is 10.1 Å². The quantitative estimate of drug-likeness (QED) is 0.690. The average molecular weight is 392 g/mol. The summed E-state index contributed by atoms with van der Waals surface area (Å²) in [6.45, 7) is 2.80. The number of halogens is 2. The topological polar surface area (TPSA) is 81.9 Å². The number of anilines is 1. The minimum atomic E-state index is -0.285. The molecule has 7 nitrogen and oxygen atoms in total. The molecule has 2 aromatic carbocycles. The van der Waals surface area contributed by atoms with E-state index in [1.165, 1.54) is 0 Å². The second-order valence-electron chi connectivity index (χ2n) is 5.31. The van der Waals surface area contributed by atoms with Gasteiger partial charge in [0.25, 0.3) is 5.91 Å². The maximum atomic E-state index is 12.4. The molecule has 26 heavy (non-hydrogen) atoms. The number of hydrogen-bond acceptors (Lipinski definition) is 5. The van der Waals surface area contributed by atoms with Crippen molar-refractivity contribution >= 4 is 34.8 Å². The van der Waals surface area contributed by atoms with Crippen LogP contribution in [-0.4, -0.2) is 26.1 Å². The van der Waals surface area contributed by atoms with Gasteiger partial charge < -0.3 is 10.1 Å². The van der Waals surface area contributed by atoms with Crippen LogP contribution in [0, 0.1) is 0 Å². The van der Waals surface area contributed by atoms with Crippen LogP contribution in [0.25, 0.3) is 0 Å². The number of aryl methyl sites for hydroxylation is 1. The number of tetrazole rings is 1. The van der Waals surface area contributed by atoms with Crippen molar-refractivity contribution in [3.05, 3.63) is 63.9 Å². The molecule has 0 aliphatic carbocycles. The molecule has 9 heteroatoms. The lowest BCUT2D eigenvalue weighted by Crippen LogP contribution is -2.12. The van der Waals surface area contributed by atoms with E-state index in [0.717, 1.165) is 0 Å². The van der Waals surface area contributed by atoms with Gasteiger partial charge in [0.2, 0.25) is 0 Å². The minimum absolute atomic E-state index is 0.207. The monoisotopic (exact) mass is 391 g/mol. The van der Waals surface area contributed by atoms with Crippen molar-refractivity contribution in [3.8, 4) is 5.75 Å². The molecule has 1 aromatic heterocycles. The fourth-order valence-corrected chi connectivity index (χ4v) is 2.52. The van der Waals surface area contributed by atoms with E-state index in [1.807, 2.05) is 6.92 Å². The van der Waals surface area contributed by atoms with Crippen LogP contribution in [0.3, 0.4) is 0 Å². The zero-order chi connectivity index (χ0) is 18.5. The lowest BCUT2D eigenvalue weighted by Gasteiger charge is -2.09. The molecule has 0 bridgehead atoms. The fraction of sp³-hybridized carbons (Fsp3) is 0.176. The van der Waals surface area contributed by atoms with Gasteiger partial charge >= 0.3 is 0 Å². The summed E-state index contributed by atoms with van der Waals surface area (Å²) in [5.74, 6) is 0.864. The molecule has 0 atom stereocenters. The van der Waals surface area contributed by atoms with Crippen molar-refractivity contribution in [3.63, 3.8) is 0 Å². The first kappa shape index (κ1) is 18.2. The molecule has 0 saturated carbocycles. The number of nitrogens with zero attached hydrogens (tertiary/aromatic N) is 4. The summed E-state index contributed by atoms with van der Waals surface area (Å²) in [6.07, 6.45) is 0. The van der Waals surface area contributed by atoms with Gasteiger partial charge in [-0.3, -0.25) is 4.79 Å². The first-order valence-corrected chi connectivity index (χ1v) is 8.56. The molecule has 1 amide bonds. The highest BCUT2D eigenvalue weighted by atomic mass is 35.5. The van der Waals surface area contributed by atoms with Crippen molar-refractivity contribution in [2.75, 3.05) is 5.32 Å². The van der Waals surface area contributed by atoms with E-state index >= 15 is 0 Å². The van der Waals surface area contributed by atoms with Gasteiger partial charge in [-0.25, -0.2) is 4.68 Å². The molecule has 0 fully saturated rings. The van der Waals surface area contributed by atoms with Crippen molar-refractivity contribution in [1.29, 1.82) is 0 Å². The number of amides is 1. The Labute approximate surface area is 159 Å². The van der Waals surface area contributed by atoms with E-state index in [9.17, 15) is 4.79 Å². The van der Waals surface area contributed by atoms with Gasteiger partial charge in [0.1, 0.15) is 12.4 Å². The molecule has 0 aliphatic heterocycles. The van der Waals surface area contributed by atoms with Gasteiger partial charge in [0, 0.05) is 17.8 Å². The lowest BCUT2D eigenvalue weighted by molar-refractivity contribution is 0.102. The predicted octanol–water partition coefficient (Wildman–Crippen LogP) is 3.83. The molecular formula is C17H15Cl2N5O2. The number of carbonyl (C=O) groups excluding carboxylic acids is 1. The molecule has 3 aromatic rings. The number of ether oxygens (including phenoxy) is 1. The van der Waals surface area contributed by atoms with Crippen molar-refractivity contribution < 1.29 is 9.53 Å². The number of benzene rings is 2. The Morgan fingerprint density at radius 2 is 2.04 bits per heavy atom. The number of nitrogens with one attached hydrogen (secondary N) is 1. The van der Waals surface area contributed by atoms with Crippen LogP contribution in [0.4, 0.5) is 5.69 Å². The van der Waals surface area contributed by atoms with E-state index in [2.05, 4.69) is 20.8 Å². The number of rotatable bonds is 6. The summed E-state index contributed by atoms with van der Waals surface area (Å²) in [6, 6.07) is 11.7. The van der Waals surface area contributed by atoms with Crippen LogP contribution in [0.1, 0.15) is 23.1 Å². The number of hydrogen-bond donors (Lipinski definition) is 1. The van der Waals surface area contributed by atoms with E-state index in [-0.39, 0.29) is 12.5 Å². The maximum Gasteiger partial charge on any atom is 0.255 e. The van der Waals surface area contributed by atoms with E-state index in [4.69, 9.17) is 27.9 Å². The van der Waals surface area contributed by atoms with Crippen LogP contribution in [0.2, 0.25) is 10.0 Å². The lowest BCUT2D eigenvalue weighted by atomic mass is 10.2. The van der Waals surface area contributed by atoms with E-state index in [0.29, 0.717) is 39.4 Å². The fourth-order valence-electron chi connectivity index (χ4n) is 2.22. The highest BCUT2D eigenvalue weighted by Crippen LogP contribution is 2.25. The third kappa shape index (κ3) is 4.30. The third-order valence-corrected chi connectivity index (χ3v) is 4.29. The average Bonchev–Trinajstić information content (AvgIpc) is 3.11. The summed E-state index contributed by atoms with van der Waals surface area (Å²) >= 11 is 11.8. The second-order valence-corrected chi connectivity index (χ2v) is 6.12. The molecule has 0 spiro atoms. The predicted molar refractivity (Wildman–Crippen MR) is 98.7 cm³/mol. The van der Waals surface area contributed by atoms with Crippen LogP contribution in [-0.2, 0) is 13.2 Å². The number of aromatic nitrogens is 4. The molecule has 134 valence electrons. The SMILES string of the molecule is CCn1nnnc1COc1cccc(C(=O)Nc2ccc(Cl)c(Cl)c2)c1. The summed E-state index contributed by atoms with van der Waals surface area (Å²) < 4.78 is 7.33. The molecule has 0 unspecified atom stereocenters. The summed E-state index contributed by atoms with van der Waals surface area (Å²) in [5, 5.41) is 14.9. The molecule has 0 aliphatic rings. The largest absolute Gasteiger partial charge is 0.486 e. The smallest absolute Gasteiger partial charge is 0.255 e. The molecule has 0 saturated heterocycles. The van der Waals surface area contributed by atoms with Crippen molar-refractivity contribution in [1.82, 2.24) is 20.2 Å². The summed E-state index contributed by atoms with van der Waals surface area (Å²) in [5.41, 5.74) is 1.00. The van der Waals surface area contributed by atoms with Crippen LogP contribution in [0.15, 0.2) is 42.5 Å². The summed E-state index contributed by atoms with van der Waals surface area (Å²) in [7, 11) is 0. The second kappa shape index (κ2) is 8.16. The first-order valence-electron chi connectivity index (χ1n) is 7.81. The zero-order valence-corrected chi connectivity index (χ0v) is 15.3. The molecule has 1 heterocycles. The normalized spacial score (nSPS) is 10.6. The van der Waals surface area contributed by atoms with E-state index in [1.54, 1.807) is 47.1 Å². The van der Waals surface area contributed by atoms with Crippen LogP contribution in [0.5, 0.6) is 5.75 Å². The zero-order valence-electron chi connectivity index (χ0n) is 13.8. The van der Waals surface area contributed by atoms with Crippen molar-refractivity contribution in [2.45, 2.75) is 20.1 Å². The van der Waals surface area contributed by atoms with Crippen molar-refractivity contribution in [2.24, 2.45) is 0 Å².